The van der Waals surface area contributed by atoms with Crippen LogP contribution in [0.3, 0.4) is 0 Å². The number of nitrogens with one attached hydrogen (secondary N) is 3. The summed E-state index contributed by atoms with van der Waals surface area (Å²) in [6, 6.07) is 21.9. The lowest BCUT2D eigenvalue weighted by Gasteiger charge is -2.23. The molecule has 4 atom stereocenters. The number of aryl methyl sites for hydroxylation is 1. The number of carbonyl (C=O) groups is 7. The monoisotopic (exact) mass is 1190 g/mol. The predicted octanol–water partition coefficient (Wildman–Crippen LogP) is 9.80. The van der Waals surface area contributed by atoms with Crippen LogP contribution in [0.4, 0.5) is 22.9 Å². The van der Waals surface area contributed by atoms with Gasteiger partial charge in [0.15, 0.2) is 34.6 Å². The Morgan fingerprint density at radius 3 is 1.76 bits per heavy atom. The molecule has 9 rings (SSSR count). The van der Waals surface area contributed by atoms with Crippen molar-refractivity contribution in [2.45, 2.75) is 96.7 Å². The van der Waals surface area contributed by atoms with Gasteiger partial charge < -0.3 is 49.4 Å². The number of carbonyl (C=O) groups excluding carboxylic acids is 7. The highest BCUT2D eigenvalue weighted by Gasteiger charge is 2.36. The number of fused-ring (bicyclic) bond motifs is 4. The van der Waals surface area contributed by atoms with Crippen LogP contribution in [0.1, 0.15) is 109 Å². The van der Waals surface area contributed by atoms with Crippen LogP contribution in [0, 0.1) is 11.8 Å². The van der Waals surface area contributed by atoms with Crippen LogP contribution in [-0.2, 0) is 36.8 Å². The fourth-order valence-electron chi connectivity index (χ4n) is 10.6. The van der Waals surface area contributed by atoms with Gasteiger partial charge in [-0.2, -0.15) is 0 Å². The standard InChI is InChI=1S/C67H71N9O12/c1-9-49(77)30-61-70-46(29-60(72-61)73-62(79)10-2)14-11-12-15-63(80)74-64(39(3)4)55(78)26-40(5)65(81)71-45-20-16-41(17-21-45)43-27-47-35-68-53-33-58(56(85-7)31-51(53)66(82)75(47)37-43)87-24-13-25-88-59-34-54-52(32-57(59)86-8)67(83)76-38-44(28-48(76)36-69-54)42-18-22-50(84-6)23-19-42/h9-10,16-23,29,31-40,47-48,64H,1-2,11-15,24-28,30H2,3-8H3,(H,71,81)(H,74,80)(H,70,72,73,79)/t40-,47+,48+,64+/m1/s1. The summed E-state index contributed by atoms with van der Waals surface area (Å²) in [5.41, 5.74) is 6.55. The van der Waals surface area contributed by atoms with Gasteiger partial charge in [0.1, 0.15) is 17.4 Å². The number of nitrogens with zero attached hydrogens (tertiary/aromatic N) is 6. The first kappa shape index (κ1) is 62.5. The summed E-state index contributed by atoms with van der Waals surface area (Å²) in [5.74, 6) is -0.220. The number of unbranched alkanes of at least 4 members (excludes halogenated alkanes) is 1. The molecule has 0 fully saturated rings. The number of ketones is 2. The number of aliphatic imine (C=N–C) groups is 2. The molecule has 4 aliphatic rings. The third kappa shape index (κ3) is 14.9. The van der Waals surface area contributed by atoms with Crippen molar-refractivity contribution in [2.24, 2.45) is 21.8 Å². The number of hydrogen-bond donors (Lipinski definition) is 3. The Morgan fingerprint density at radius 1 is 0.670 bits per heavy atom. The van der Waals surface area contributed by atoms with E-state index >= 15 is 0 Å². The Kier molecular flexibility index (Phi) is 20.2. The number of Topliss-reactive ketones (excluding diaryl/α,β-unsaturated/α-hetero) is 1. The summed E-state index contributed by atoms with van der Waals surface area (Å²) in [5, 5.41) is 8.37. The molecule has 1 aromatic heterocycles. The number of methoxy groups -OCH3 is 3. The minimum atomic E-state index is -0.799. The molecule has 4 aromatic carbocycles. The van der Waals surface area contributed by atoms with Gasteiger partial charge in [0, 0.05) is 92.4 Å². The molecule has 0 saturated carbocycles. The summed E-state index contributed by atoms with van der Waals surface area (Å²) in [6.45, 7) is 12.8. The second-order valence-corrected chi connectivity index (χ2v) is 22.0. The topological polar surface area (TPSA) is 259 Å². The van der Waals surface area contributed by atoms with Crippen molar-refractivity contribution < 1.29 is 57.2 Å². The van der Waals surface area contributed by atoms with Gasteiger partial charge in [-0.05, 0) is 96.0 Å². The van der Waals surface area contributed by atoms with E-state index in [0.29, 0.717) is 95.4 Å². The SMILES string of the molecule is C=CC(=O)Cc1nc(CCCCC(=O)N[C@H](C(=O)C[C@@H](C)C(=O)Nc2ccc(C3=CN4C(=O)c5cc(OC)c(OCCCOc6cc7c(cc6OC)C(=O)N6C=C(c8ccc(OC)cc8)C[C@H]6C=N7)cc5N=C[C@@H]4C3)cc2)C(C)C)cc(NC(=O)C=C)n1. The maximum atomic E-state index is 14.2. The van der Waals surface area contributed by atoms with Crippen LogP contribution in [0.25, 0.3) is 11.1 Å². The summed E-state index contributed by atoms with van der Waals surface area (Å²) in [4.78, 5) is 114. The van der Waals surface area contributed by atoms with Gasteiger partial charge in [-0.3, -0.25) is 43.5 Å². The predicted molar refractivity (Wildman–Crippen MR) is 334 cm³/mol. The number of amides is 5. The average Bonchev–Trinajstić information content (AvgIpc) is 2.19. The van der Waals surface area contributed by atoms with E-state index in [1.54, 1.807) is 78.7 Å². The van der Waals surface area contributed by atoms with E-state index in [-0.39, 0.29) is 97.3 Å². The van der Waals surface area contributed by atoms with Gasteiger partial charge in [0.25, 0.3) is 11.8 Å². The maximum Gasteiger partial charge on any atom is 0.260 e. The first-order chi connectivity index (χ1) is 42.4. The summed E-state index contributed by atoms with van der Waals surface area (Å²) >= 11 is 0. The molecule has 5 aromatic rings. The molecule has 0 radical (unpaired) electrons. The van der Waals surface area contributed by atoms with E-state index in [1.807, 2.05) is 62.6 Å². The van der Waals surface area contributed by atoms with Gasteiger partial charge >= 0.3 is 0 Å². The third-order valence-electron chi connectivity index (χ3n) is 15.4. The molecule has 0 saturated heterocycles. The van der Waals surface area contributed by atoms with Gasteiger partial charge in [-0.15, -0.1) is 0 Å². The van der Waals surface area contributed by atoms with Crippen molar-refractivity contribution in [3.8, 4) is 28.7 Å². The summed E-state index contributed by atoms with van der Waals surface area (Å²) in [7, 11) is 4.65. The average molecular weight is 1190 g/mol. The van der Waals surface area contributed by atoms with E-state index in [1.165, 1.54) is 20.3 Å². The van der Waals surface area contributed by atoms with Crippen LogP contribution < -0.4 is 39.6 Å². The van der Waals surface area contributed by atoms with Crippen LogP contribution in [0.15, 0.2) is 127 Å². The molecule has 21 heteroatoms. The Morgan fingerprint density at radius 2 is 1.24 bits per heavy atom. The van der Waals surface area contributed by atoms with Gasteiger partial charge in [-0.1, -0.05) is 58.2 Å². The number of rotatable bonds is 28. The van der Waals surface area contributed by atoms with Crippen molar-refractivity contribution >= 4 is 87.6 Å². The molecular weight excluding hydrogens is 1120 g/mol. The molecule has 0 spiro atoms. The smallest absolute Gasteiger partial charge is 0.260 e. The highest BCUT2D eigenvalue weighted by Crippen LogP contribution is 2.42. The second kappa shape index (κ2) is 28.4. The molecule has 456 valence electrons. The molecule has 4 aliphatic heterocycles. The lowest BCUT2D eigenvalue weighted by Crippen LogP contribution is -2.45. The quantitative estimate of drug-likeness (QED) is 0.0311. The number of aromatic nitrogens is 2. The van der Waals surface area contributed by atoms with Crippen LogP contribution in [0.5, 0.6) is 28.7 Å². The Labute approximate surface area is 510 Å². The van der Waals surface area contributed by atoms with E-state index < -0.39 is 17.9 Å². The third-order valence-corrected chi connectivity index (χ3v) is 15.4. The van der Waals surface area contributed by atoms with E-state index in [0.717, 1.165) is 34.1 Å². The van der Waals surface area contributed by atoms with Gasteiger partial charge in [0.05, 0.1) is 81.6 Å². The lowest BCUT2D eigenvalue weighted by atomic mass is 9.92. The van der Waals surface area contributed by atoms with Crippen LogP contribution in [-0.4, -0.2) is 126 Å². The highest BCUT2D eigenvalue weighted by molar-refractivity contribution is 6.07. The van der Waals surface area contributed by atoms with E-state index in [4.69, 9.17) is 33.7 Å². The van der Waals surface area contributed by atoms with Crippen molar-refractivity contribution in [1.82, 2.24) is 25.1 Å². The molecular formula is C67H71N9O12. The number of ether oxygens (including phenoxy) is 5. The van der Waals surface area contributed by atoms with Gasteiger partial charge in [0.2, 0.25) is 17.7 Å². The lowest BCUT2D eigenvalue weighted by molar-refractivity contribution is -0.130. The fourth-order valence-corrected chi connectivity index (χ4v) is 10.6. The zero-order chi connectivity index (χ0) is 62.6. The Balaban J connectivity index is 0.731. The molecule has 5 heterocycles. The van der Waals surface area contributed by atoms with Gasteiger partial charge in [-0.25, -0.2) is 9.97 Å². The van der Waals surface area contributed by atoms with E-state index in [2.05, 4.69) is 39.1 Å². The normalized spacial score (nSPS) is 16.1. The summed E-state index contributed by atoms with van der Waals surface area (Å²) < 4.78 is 29.0. The van der Waals surface area contributed by atoms with Crippen molar-refractivity contribution in [3.63, 3.8) is 0 Å². The molecule has 0 unspecified atom stereocenters. The van der Waals surface area contributed by atoms with Crippen molar-refractivity contribution in [2.75, 3.05) is 45.2 Å². The first-order valence-electron chi connectivity index (χ1n) is 29.1. The fraction of sp³-hybridized carbons (Fsp3) is 0.328. The Hall–Kier alpha value is -10.1. The molecule has 0 aliphatic carbocycles. The van der Waals surface area contributed by atoms with E-state index in [9.17, 15) is 33.6 Å². The minimum absolute atomic E-state index is 0.0825. The van der Waals surface area contributed by atoms with Crippen molar-refractivity contribution in [3.05, 3.63) is 150 Å². The zero-order valence-corrected chi connectivity index (χ0v) is 50.1. The highest BCUT2D eigenvalue weighted by atomic mass is 16.5. The van der Waals surface area contributed by atoms with Crippen molar-refractivity contribution in [1.29, 1.82) is 0 Å². The number of hydrogen-bond acceptors (Lipinski definition) is 16. The minimum Gasteiger partial charge on any atom is -0.497 e. The van der Waals surface area contributed by atoms with Crippen LogP contribution in [0.2, 0.25) is 0 Å². The molecule has 0 bridgehead atoms. The molecule has 5 amide bonds. The number of allylic oxidation sites excluding steroid dienone is 1. The molecule has 21 nitrogen and oxygen atoms in total. The summed E-state index contributed by atoms with van der Waals surface area (Å²) in [6.07, 6.45) is 12.5. The second-order valence-electron chi connectivity index (χ2n) is 22.0. The number of benzene rings is 4. The zero-order valence-electron chi connectivity index (χ0n) is 50.1. The molecule has 3 N–H and O–H groups in total. The van der Waals surface area contributed by atoms with Crippen LogP contribution >= 0.6 is 0 Å². The maximum absolute atomic E-state index is 14.2. The Bertz CT molecular complexity index is 3630. The number of anilines is 2. The molecule has 88 heavy (non-hydrogen) atoms. The largest absolute Gasteiger partial charge is 0.497 e. The first-order valence-corrected chi connectivity index (χ1v) is 29.1.